The molecule has 42 heavy (non-hydrogen) atoms. The van der Waals surface area contributed by atoms with Gasteiger partial charge in [-0.25, -0.2) is 14.4 Å². The maximum Gasteiger partial charge on any atom is 0.513 e. The highest BCUT2D eigenvalue weighted by Gasteiger charge is 2.24. The summed E-state index contributed by atoms with van der Waals surface area (Å²) in [5.41, 5.74) is 5.87. The third kappa shape index (κ3) is 15.5. The van der Waals surface area contributed by atoms with Gasteiger partial charge in [-0.2, -0.15) is 0 Å². The Labute approximate surface area is 248 Å². The highest BCUT2D eigenvalue weighted by atomic mass is 16.8. The van der Waals surface area contributed by atoms with Crippen LogP contribution in [0.15, 0.2) is 18.2 Å². The Balaban J connectivity index is 2.82. The Morgan fingerprint density at radius 3 is 1.93 bits per heavy atom. The van der Waals surface area contributed by atoms with E-state index in [4.69, 9.17) is 38.9 Å². The summed E-state index contributed by atoms with van der Waals surface area (Å²) in [6.07, 6.45) is 2.13. The second-order valence-electron chi connectivity index (χ2n) is 10.4. The third-order valence-electron chi connectivity index (χ3n) is 6.05. The second kappa shape index (κ2) is 19.6. The number of rotatable bonds is 18. The molecule has 0 saturated carbocycles. The molecule has 0 bridgehead atoms. The number of benzene rings is 1. The summed E-state index contributed by atoms with van der Waals surface area (Å²) in [4.78, 5) is 48.8. The summed E-state index contributed by atoms with van der Waals surface area (Å²) < 4.78 is 36.2. The molecule has 0 aliphatic carbocycles. The van der Waals surface area contributed by atoms with Crippen molar-refractivity contribution in [2.45, 2.75) is 111 Å². The van der Waals surface area contributed by atoms with Gasteiger partial charge in [0, 0.05) is 0 Å². The zero-order valence-electron chi connectivity index (χ0n) is 25.7. The van der Waals surface area contributed by atoms with Crippen LogP contribution >= 0.6 is 0 Å². The highest BCUT2D eigenvalue weighted by Crippen LogP contribution is 2.30. The van der Waals surface area contributed by atoms with Crippen LogP contribution in [0.2, 0.25) is 0 Å². The van der Waals surface area contributed by atoms with Gasteiger partial charge in [-0.3, -0.25) is 4.79 Å². The Hall–Kier alpha value is -3.54. The zero-order chi connectivity index (χ0) is 31.5. The molecule has 1 aromatic carbocycles. The predicted molar refractivity (Wildman–Crippen MR) is 153 cm³/mol. The molecular formula is C30H47NO11. The van der Waals surface area contributed by atoms with Crippen LogP contribution in [0, 0.1) is 0 Å². The van der Waals surface area contributed by atoms with Crippen molar-refractivity contribution in [1.29, 1.82) is 0 Å². The van der Waals surface area contributed by atoms with Crippen LogP contribution in [0.25, 0.3) is 0 Å². The van der Waals surface area contributed by atoms with Crippen molar-refractivity contribution < 1.29 is 52.3 Å². The zero-order valence-corrected chi connectivity index (χ0v) is 25.7. The molecule has 0 aromatic heterocycles. The first kappa shape index (κ1) is 36.5. The number of hydrogen-bond donors (Lipinski definition) is 1. The van der Waals surface area contributed by atoms with Gasteiger partial charge < -0.3 is 38.9 Å². The molecular weight excluding hydrogens is 550 g/mol. The van der Waals surface area contributed by atoms with Gasteiger partial charge in [0.2, 0.25) is 0 Å². The predicted octanol–water partition coefficient (Wildman–Crippen LogP) is 6.24. The number of carbonyl (C=O) groups is 4. The molecule has 0 amide bonds. The Bertz CT molecular complexity index is 995. The summed E-state index contributed by atoms with van der Waals surface area (Å²) in [6, 6.07) is 3.28. The minimum absolute atomic E-state index is 0.00277. The monoisotopic (exact) mass is 597 g/mol. The number of carbonyl (C=O) groups excluding carboxylic acids is 4. The fourth-order valence-corrected chi connectivity index (χ4v) is 3.27. The average molecular weight is 598 g/mol. The molecule has 0 heterocycles. The normalized spacial score (nSPS) is 12.5. The third-order valence-corrected chi connectivity index (χ3v) is 6.05. The summed E-state index contributed by atoms with van der Waals surface area (Å²) in [5.74, 6) is -0.902. The molecule has 2 N–H and O–H groups in total. The lowest BCUT2D eigenvalue weighted by atomic mass is 10.1. The van der Waals surface area contributed by atoms with Gasteiger partial charge >= 0.3 is 24.4 Å². The molecule has 0 fully saturated rings. The van der Waals surface area contributed by atoms with Crippen molar-refractivity contribution >= 4 is 24.4 Å². The van der Waals surface area contributed by atoms with Crippen molar-refractivity contribution in [2.75, 3.05) is 19.8 Å². The van der Waals surface area contributed by atoms with E-state index in [-0.39, 0.29) is 37.7 Å². The van der Waals surface area contributed by atoms with Gasteiger partial charge in [-0.05, 0) is 64.2 Å². The van der Waals surface area contributed by atoms with Crippen LogP contribution in [0.1, 0.15) is 92.1 Å². The van der Waals surface area contributed by atoms with E-state index in [9.17, 15) is 19.2 Å². The summed E-state index contributed by atoms with van der Waals surface area (Å²) in [5, 5.41) is 0. The van der Waals surface area contributed by atoms with Crippen molar-refractivity contribution in [3.8, 4) is 11.5 Å². The lowest BCUT2D eigenvalue weighted by Crippen LogP contribution is -2.37. The van der Waals surface area contributed by atoms with Crippen LogP contribution in [-0.4, -0.2) is 62.0 Å². The molecule has 0 aliphatic rings. The lowest BCUT2D eigenvalue weighted by molar-refractivity contribution is -0.152. The molecule has 1 rings (SSSR count). The minimum Gasteiger partial charge on any atom is -0.458 e. The summed E-state index contributed by atoms with van der Waals surface area (Å²) >= 11 is 0. The molecule has 2 atom stereocenters. The van der Waals surface area contributed by atoms with E-state index in [1.807, 2.05) is 20.8 Å². The van der Waals surface area contributed by atoms with Gasteiger partial charge in [0.05, 0.1) is 13.2 Å². The number of unbranched alkanes of at least 4 members (excludes halogenated alkanes) is 4. The summed E-state index contributed by atoms with van der Waals surface area (Å²) in [7, 11) is 0. The smallest absolute Gasteiger partial charge is 0.458 e. The van der Waals surface area contributed by atoms with Crippen molar-refractivity contribution in [3.63, 3.8) is 0 Å². The molecule has 0 unspecified atom stereocenters. The SMILES string of the molecule is CCCCCOC(=O)Oc1ccc(C[C@H](N)C(=O)O[C@@H](C)COC(=O)OC(C)(C)CC)cc1OC(=O)OCCCCC. The van der Waals surface area contributed by atoms with Crippen LogP contribution in [0.4, 0.5) is 14.4 Å². The first-order valence-electron chi connectivity index (χ1n) is 14.5. The number of hydrogen-bond acceptors (Lipinski definition) is 12. The average Bonchev–Trinajstić information content (AvgIpc) is 2.93. The Kier molecular flexibility index (Phi) is 17.0. The van der Waals surface area contributed by atoms with Gasteiger partial charge in [-0.1, -0.05) is 52.5 Å². The van der Waals surface area contributed by atoms with E-state index >= 15 is 0 Å². The van der Waals surface area contributed by atoms with Gasteiger partial charge in [0.1, 0.15) is 24.4 Å². The Morgan fingerprint density at radius 2 is 1.38 bits per heavy atom. The highest BCUT2D eigenvalue weighted by molar-refractivity contribution is 5.76. The Morgan fingerprint density at radius 1 is 0.810 bits per heavy atom. The molecule has 0 radical (unpaired) electrons. The van der Waals surface area contributed by atoms with Crippen molar-refractivity contribution in [3.05, 3.63) is 23.8 Å². The van der Waals surface area contributed by atoms with Crippen LogP contribution in [-0.2, 0) is 34.9 Å². The topological polar surface area (TPSA) is 159 Å². The van der Waals surface area contributed by atoms with E-state index in [2.05, 4.69) is 0 Å². The molecule has 0 spiro atoms. The van der Waals surface area contributed by atoms with Crippen LogP contribution in [0.3, 0.4) is 0 Å². The van der Waals surface area contributed by atoms with Crippen molar-refractivity contribution in [2.24, 2.45) is 5.73 Å². The molecule has 0 aliphatic heterocycles. The second-order valence-corrected chi connectivity index (χ2v) is 10.4. The van der Waals surface area contributed by atoms with E-state index < -0.39 is 42.2 Å². The molecule has 1 aromatic rings. The standard InChI is InChI=1S/C30H47NO11/c1-7-10-12-16-36-27(33)40-24-15-14-22(19-25(24)41-28(34)37-17-13-11-8-2)18-23(31)26(32)39-21(4)20-38-29(35)42-30(5,6)9-3/h14-15,19,21,23H,7-13,16-18,20,31H2,1-6H3/t21-,23-/m0/s1. The van der Waals surface area contributed by atoms with E-state index in [1.54, 1.807) is 26.8 Å². The fraction of sp³-hybridized carbons (Fsp3) is 0.667. The van der Waals surface area contributed by atoms with Crippen LogP contribution in [0.5, 0.6) is 11.5 Å². The van der Waals surface area contributed by atoms with Gasteiger partial charge in [0.25, 0.3) is 0 Å². The maximum atomic E-state index is 12.6. The minimum atomic E-state index is -1.09. The fourth-order valence-electron chi connectivity index (χ4n) is 3.27. The molecule has 238 valence electrons. The van der Waals surface area contributed by atoms with E-state index in [1.165, 1.54) is 12.1 Å². The van der Waals surface area contributed by atoms with Crippen molar-refractivity contribution in [1.82, 2.24) is 0 Å². The lowest BCUT2D eigenvalue weighted by Gasteiger charge is -2.23. The quantitative estimate of drug-likeness (QED) is 0.0879. The van der Waals surface area contributed by atoms with Gasteiger partial charge in [-0.15, -0.1) is 0 Å². The van der Waals surface area contributed by atoms with Crippen LogP contribution < -0.4 is 15.2 Å². The first-order valence-corrected chi connectivity index (χ1v) is 14.5. The number of ether oxygens (including phenoxy) is 7. The van der Waals surface area contributed by atoms with E-state index in [0.717, 1.165) is 25.7 Å². The van der Waals surface area contributed by atoms with Gasteiger partial charge in [0.15, 0.2) is 11.5 Å². The maximum absolute atomic E-state index is 12.6. The number of nitrogens with two attached hydrogens (primary N) is 1. The molecule has 12 nitrogen and oxygen atoms in total. The number of esters is 1. The summed E-state index contributed by atoms with van der Waals surface area (Å²) in [6.45, 7) is 11.1. The largest absolute Gasteiger partial charge is 0.513 e. The molecule has 12 heteroatoms. The first-order chi connectivity index (χ1) is 19.9. The van der Waals surface area contributed by atoms with E-state index in [0.29, 0.717) is 24.8 Å². The molecule has 0 saturated heterocycles.